The number of nitrogens with two attached hydrogens (primary N) is 3. The summed E-state index contributed by atoms with van der Waals surface area (Å²) < 4.78 is 152. The van der Waals surface area contributed by atoms with Gasteiger partial charge in [0.2, 0.25) is 5.82 Å². The quantitative estimate of drug-likeness (QED) is 0.0110. The number of benzene rings is 9. The molecule has 15 rings (SSSR count). The zero-order valence-corrected chi connectivity index (χ0v) is 67.8. The van der Waals surface area contributed by atoms with E-state index in [9.17, 15) is 98.3 Å². The average Bonchev–Trinajstić information content (AvgIpc) is 0.785. The molecule has 6 heterocycles. The Balaban J connectivity index is 0.000000516. The highest BCUT2D eigenvalue weighted by Crippen LogP contribution is 2.37. The van der Waals surface area contributed by atoms with E-state index < -0.39 is 108 Å². The molecule has 3 aromatic heterocycles. The molecule has 3 aliphatic heterocycles. The highest BCUT2D eigenvalue weighted by Gasteiger charge is 2.29. The number of thiol groups is 1. The first-order chi connectivity index (χ1) is 59.2. The van der Waals surface area contributed by atoms with Crippen LogP contribution < -0.4 is 37.8 Å². The maximum atomic E-state index is 14.5. The van der Waals surface area contributed by atoms with E-state index in [0.29, 0.717) is 74.1 Å². The van der Waals surface area contributed by atoms with Gasteiger partial charge in [-0.25, -0.2) is 49.1 Å². The van der Waals surface area contributed by atoms with Crippen molar-refractivity contribution < 1.29 is 93.7 Å². The zero-order chi connectivity index (χ0) is 91.6. The number of aliphatic hydroxyl groups is 1. The number of aromatic nitrogens is 3. The highest BCUT2D eigenvalue weighted by atomic mass is 79.9. The average molecular weight is 1920 g/mol. The molecule has 0 saturated heterocycles. The Morgan fingerprint density at radius 3 is 1.17 bits per heavy atom. The van der Waals surface area contributed by atoms with Crippen LogP contribution in [0.5, 0.6) is 5.75 Å². The van der Waals surface area contributed by atoms with Crippen molar-refractivity contribution >= 4 is 115 Å². The normalized spacial score (nSPS) is 11.0. The number of hydrogen-bond donors (Lipinski definition) is 9. The molecule has 3 aliphatic rings. The second-order valence-corrected chi connectivity index (χ2v) is 26.2. The van der Waals surface area contributed by atoms with Gasteiger partial charge in [-0.3, -0.25) is 59.8 Å². The van der Waals surface area contributed by atoms with E-state index in [1.165, 1.54) is 119 Å². The van der Waals surface area contributed by atoms with Gasteiger partial charge >= 0.3 is 25.4 Å². The van der Waals surface area contributed by atoms with Gasteiger partial charge in [0.15, 0.2) is 0 Å². The van der Waals surface area contributed by atoms with E-state index in [1.807, 2.05) is 18.5 Å². The van der Waals surface area contributed by atoms with Gasteiger partial charge < -0.3 is 57.7 Å². The number of anilines is 5. The van der Waals surface area contributed by atoms with Gasteiger partial charge in [-0.05, 0) is 203 Å². The van der Waals surface area contributed by atoms with Gasteiger partial charge in [0.25, 0.3) is 17.1 Å². The highest BCUT2D eigenvalue weighted by molar-refractivity contribution is 9.10. The molecule has 11 N–H and O–H groups in total. The summed E-state index contributed by atoms with van der Waals surface area (Å²) in [4.78, 5) is 79.5. The van der Waals surface area contributed by atoms with E-state index in [-0.39, 0.29) is 89.9 Å². The predicted octanol–water partition coefficient (Wildman–Crippen LogP) is 21.2. The van der Waals surface area contributed by atoms with Crippen LogP contribution in [0.4, 0.5) is 109 Å². The fraction of sp³-hybridized carbons (Fsp3) is 0.155. The fourth-order valence-electron chi connectivity index (χ4n) is 11.0. The van der Waals surface area contributed by atoms with Crippen molar-refractivity contribution in [3.63, 3.8) is 0 Å². The van der Waals surface area contributed by atoms with Crippen molar-refractivity contribution in [3.8, 4) is 39.1 Å². The maximum absolute atomic E-state index is 14.5. The Morgan fingerprint density at radius 1 is 0.449 bits per heavy atom. The molecule has 0 spiro atoms. The molecular weight excluding hydrogens is 1840 g/mol. The molecule has 9 aromatic carbocycles. The first kappa shape index (κ1) is 107. The standard InChI is InChI=1S/C20H14F2N4O3.C20H16F2N4O.C12H8F2N2O2.C7H8N2.C6H5BFO2.C6H2BrF2NO2.C6H4BrFN2O2.CH3F.CH4O.CH4S.4CH4/c21-15-3-1-12(2-4-15)16-7-18(19(26(28)29)8-17(16)22)24-20(27)25-10-13-5-6-23-9-14(13)11-25;21-15-3-1-12(2-4-15)16-7-19(18(23)8-17(16)22)25-20(27)26-10-13-5-6-24-9-14(13)11-26;13-8-3-1-7(2-4-8)9-5-11(15)12(16(17)18)6-10(9)14;1-2-8-4-7-5-9-3-6(1)7;8-5-1-3-6(4-2-5)10-7-9;2*7-3-1-5(9)6(10(11)12)2-4(3)8;3*1-2;;;;/h1-9H,10-11H2,(H,24,27);1-9H,10-11,23H2,(H,25,27);1-6H,15H2;1-2,4,9H,3,5H2;1-4,9H;1-2H;1-2H,9H2;1H3;2*2H,1H3;4*1H4/i;;;;;;;1D;;;;;;. The summed E-state index contributed by atoms with van der Waals surface area (Å²) >= 11 is 9.07. The fourth-order valence-corrected chi connectivity index (χ4v) is 11.6. The SMILES string of the molecule is C.C.C.C.CO.CS.Nc1cc(-c2ccc(F)cc2)c(F)cc1[N+](=O)[O-].Nc1cc(Br)c(F)cc1[N+](=O)[O-].Nc1cc(F)c(-c2ccc(F)cc2)cc1NC(=O)N1Cc2ccncc2C1.O=C(Nc1cc(-c2ccc(F)cc2)c(F)cc1[N+](=O)[O-])N1Cc2ccncc2C1.O=[N+]([O-])c1cc(F)c(Br)cc1F.O[B]Oc1ccc(F)cc1.[2H]CF.c1cc2c(cn1)CNC2. The number of hydrogen-bond acceptors (Lipinski definition) is 21. The number of nitrogen functional groups attached to an aromatic ring is 3. The molecule has 12 aromatic rings. The summed E-state index contributed by atoms with van der Waals surface area (Å²) in [5.41, 5.74) is 22.5. The van der Waals surface area contributed by atoms with Crippen molar-refractivity contribution in [2.45, 2.75) is 69.0 Å². The Bertz CT molecular complexity index is 5580. The summed E-state index contributed by atoms with van der Waals surface area (Å²) in [6, 6.07) is 35.4. The molecule has 0 unspecified atom stereocenters. The van der Waals surface area contributed by atoms with Crippen LogP contribution in [0.1, 0.15) is 64.5 Å². The number of aliphatic hydroxyl groups excluding tert-OH is 1. The Kier molecular flexibility index (Phi) is 45.2. The monoisotopic (exact) mass is 1920 g/mol. The summed E-state index contributed by atoms with van der Waals surface area (Å²) in [7, 11) is 0.549. The lowest BCUT2D eigenvalue weighted by Crippen LogP contribution is -2.30. The van der Waals surface area contributed by atoms with E-state index in [4.69, 9.17) is 28.7 Å². The molecule has 673 valence electrons. The molecule has 0 atom stereocenters. The number of fused-ring (bicyclic) bond motifs is 3. The molecule has 1 radical (unpaired) electrons. The lowest BCUT2D eigenvalue weighted by Gasteiger charge is -2.18. The number of alkyl halides is 1. The first-order valence-corrected chi connectivity index (χ1v) is 37.1. The Morgan fingerprint density at radius 2 is 0.772 bits per heavy atom. The molecule has 127 heavy (non-hydrogen) atoms. The molecule has 4 amide bonds. The van der Waals surface area contributed by atoms with E-state index in [2.05, 4.69) is 86.1 Å². The van der Waals surface area contributed by atoms with Crippen LogP contribution in [0.3, 0.4) is 0 Å². The largest absolute Gasteiger partial charge is 0.569 e. The molecule has 0 bridgehead atoms. The third-order valence-corrected chi connectivity index (χ3v) is 18.0. The van der Waals surface area contributed by atoms with E-state index in [0.717, 1.165) is 84.9 Å². The van der Waals surface area contributed by atoms with Gasteiger partial charge in [0.1, 0.15) is 75.2 Å². The van der Waals surface area contributed by atoms with Gasteiger partial charge in [-0.2, -0.15) is 17.0 Å². The van der Waals surface area contributed by atoms with Gasteiger partial charge in [0, 0.05) is 100 Å². The van der Waals surface area contributed by atoms with Crippen LogP contribution in [-0.4, -0.2) is 94.8 Å². The third kappa shape index (κ3) is 31.5. The minimum absolute atomic E-state index is 0. The molecule has 0 saturated carbocycles. The number of pyridine rings is 3. The number of amides is 4. The van der Waals surface area contributed by atoms with Crippen molar-refractivity contribution in [2.24, 2.45) is 0 Å². The molecule has 0 aliphatic carbocycles. The maximum Gasteiger partial charge on any atom is 0.569 e. The summed E-state index contributed by atoms with van der Waals surface area (Å²) in [5.74, 6) is -6.06. The summed E-state index contributed by atoms with van der Waals surface area (Å²) in [5, 5.41) is 65.9. The lowest BCUT2D eigenvalue weighted by atomic mass is 10.0. The summed E-state index contributed by atoms with van der Waals surface area (Å²) in [6.07, 6.45) is 12.2. The molecule has 43 heteroatoms. The smallest absolute Gasteiger partial charge is 0.537 e. The predicted molar refractivity (Wildman–Crippen MR) is 475 cm³/mol. The van der Waals surface area contributed by atoms with Crippen LogP contribution in [0.25, 0.3) is 33.4 Å². The van der Waals surface area contributed by atoms with Crippen molar-refractivity contribution in [3.05, 3.63) is 354 Å². The summed E-state index contributed by atoms with van der Waals surface area (Å²) in [6.45, 7) is 3.57. The number of nitrogens with one attached hydrogen (secondary N) is 3. The number of rotatable bonds is 11. The van der Waals surface area contributed by atoms with Crippen molar-refractivity contribution in [2.75, 3.05) is 48.4 Å². The van der Waals surface area contributed by atoms with Crippen LogP contribution in [0.2, 0.25) is 0 Å². The van der Waals surface area contributed by atoms with Crippen LogP contribution in [-0.2, 0) is 39.3 Å². The van der Waals surface area contributed by atoms with E-state index in [1.54, 1.807) is 42.0 Å². The molecule has 0 fully saturated rings. The minimum atomic E-state index is -1.06. The van der Waals surface area contributed by atoms with Crippen molar-refractivity contribution in [1.29, 1.82) is 0 Å². The third-order valence-electron chi connectivity index (χ3n) is 16.8. The number of nitro benzene ring substituents is 4. The second-order valence-electron chi connectivity index (χ2n) is 24.5. The number of carbonyl (C=O) groups is 2. The number of carbonyl (C=O) groups excluding carboxylic acids is 2. The number of nitrogens with zero attached hydrogens (tertiary/aromatic N) is 9. The van der Waals surface area contributed by atoms with Crippen molar-refractivity contribution in [1.82, 2.24) is 30.1 Å². The van der Waals surface area contributed by atoms with Gasteiger partial charge in [-0.1, -0.05) is 66.1 Å². The van der Waals surface area contributed by atoms with Gasteiger partial charge in [-0.15, -0.1) is 0 Å². The van der Waals surface area contributed by atoms with Gasteiger partial charge in [0.05, 0.1) is 72.8 Å². The van der Waals surface area contributed by atoms with Crippen LogP contribution in [0.15, 0.2) is 222 Å². The first-order valence-electron chi connectivity index (χ1n) is 35.3. The Labute approximate surface area is 745 Å². The second kappa shape index (κ2) is 53.4. The molecule has 28 nitrogen and oxygen atoms in total. The number of halogens is 13. The lowest BCUT2D eigenvalue weighted by molar-refractivity contribution is -0.387. The zero-order valence-electron chi connectivity index (χ0n) is 64.7. The number of urea groups is 2. The minimum Gasteiger partial charge on any atom is -0.537 e. The van der Waals surface area contributed by atoms with Crippen LogP contribution >= 0.6 is 44.5 Å². The van der Waals surface area contributed by atoms with E-state index >= 15 is 0 Å². The molecular formula is C84H84BBr2F11N15O13S. The Hall–Kier alpha value is -13.7. The topological polar surface area (TPSA) is 416 Å². The number of nitro groups is 4. The van der Waals surface area contributed by atoms with Crippen LogP contribution in [0, 0.1) is 98.6 Å².